The van der Waals surface area contributed by atoms with Crippen LogP contribution in [0.25, 0.3) is 6.08 Å². The molecule has 0 fully saturated rings. The normalized spacial score (nSPS) is 29.8. The molecule has 0 spiro atoms. The van der Waals surface area contributed by atoms with Gasteiger partial charge in [0.05, 0.1) is 0 Å². The van der Waals surface area contributed by atoms with E-state index in [0.717, 1.165) is 0 Å². The summed E-state index contributed by atoms with van der Waals surface area (Å²) in [6.45, 7) is 2.54. The molecule has 1 heteroatoms. The van der Waals surface area contributed by atoms with Crippen molar-refractivity contribution in [1.29, 1.82) is 0 Å². The van der Waals surface area contributed by atoms with E-state index in [0.29, 0.717) is 3.67 Å². The summed E-state index contributed by atoms with van der Waals surface area (Å²) in [6.07, 6.45) is 18.3. The molecule has 1 aromatic carbocycles. The Morgan fingerprint density at radius 3 is 2.12 bits per heavy atom. The van der Waals surface area contributed by atoms with Crippen LogP contribution in [0.4, 0.5) is 0 Å². The summed E-state index contributed by atoms with van der Waals surface area (Å²) in [6, 6.07) is 5.08. The van der Waals surface area contributed by atoms with Crippen molar-refractivity contribution in [3.8, 4) is 0 Å². The van der Waals surface area contributed by atoms with Crippen LogP contribution >= 0.6 is 0 Å². The average Bonchev–Trinajstić information content (AvgIpc) is 3.15. The third-order valence-corrected chi connectivity index (χ3v) is 45.8. The molecule has 129 valence electrons. The van der Waals surface area contributed by atoms with Crippen LogP contribution in [0.5, 0.6) is 0 Å². The predicted molar refractivity (Wildman–Crippen MR) is 106 cm³/mol. The van der Waals surface area contributed by atoms with Crippen LogP contribution < -0.4 is 0 Å². The van der Waals surface area contributed by atoms with Gasteiger partial charge in [0, 0.05) is 0 Å². The van der Waals surface area contributed by atoms with Crippen LogP contribution in [0.3, 0.4) is 0 Å². The van der Waals surface area contributed by atoms with E-state index in [-0.39, 0.29) is 3.17 Å². The average molecular weight is 488 g/mol. The van der Waals surface area contributed by atoms with Crippen LogP contribution in [0.2, 0.25) is 27.1 Å². The zero-order valence-corrected chi connectivity index (χ0v) is 19.9. The number of hydrogen-bond acceptors (Lipinski definition) is 0. The molecular weight excluding hydrogens is 455 g/mol. The molecule has 3 aliphatic rings. The molecule has 1 aromatic rings. The number of aryl methyl sites for hydroxylation is 2. The van der Waals surface area contributed by atoms with Crippen molar-refractivity contribution in [2.75, 3.05) is 0 Å². The molecule has 0 saturated heterocycles. The molecule has 0 nitrogen and oxygen atoms in total. The van der Waals surface area contributed by atoms with Gasteiger partial charge in [-0.1, -0.05) is 0 Å². The Bertz CT molecular complexity index is 852. The number of allylic oxidation sites excluding steroid dienone is 5. The van der Waals surface area contributed by atoms with Gasteiger partial charge in [-0.3, -0.25) is 0 Å². The maximum absolute atomic E-state index is 4.34. The summed E-state index contributed by atoms with van der Waals surface area (Å²) in [5.41, 5.74) is 6.28. The van der Waals surface area contributed by atoms with Crippen molar-refractivity contribution >= 4 is 6.08 Å². The maximum atomic E-state index is 2.68. The van der Waals surface area contributed by atoms with E-state index in [9.17, 15) is 0 Å². The standard InChI is InChI=1S/C13H13.C5H5.5CH3.Hf/c1-9-5-6-12-7-10-3-2-4-11(10)8-13(9)12;1-2-4-5-3-1;;;;;;/h5-8H,2-4H2,1H3;1-5H;5*1H3;. The summed E-state index contributed by atoms with van der Waals surface area (Å²) in [7, 11) is 0. The predicted octanol–water partition coefficient (Wildman–Crippen LogP) is 7.33. The Morgan fingerprint density at radius 2 is 1.50 bits per heavy atom. The second-order valence-corrected chi connectivity index (χ2v) is 76.2. The first kappa shape index (κ1) is 16.8. The van der Waals surface area contributed by atoms with E-state index in [1.165, 1.54) is 24.8 Å². The van der Waals surface area contributed by atoms with E-state index in [4.69, 9.17) is 0 Å². The molecule has 0 aromatic heterocycles. The fourth-order valence-corrected chi connectivity index (χ4v) is 26.3. The summed E-state index contributed by atoms with van der Waals surface area (Å²) >= 11 is -4.34. The van der Waals surface area contributed by atoms with E-state index in [2.05, 4.69) is 78.9 Å². The fraction of sp³-hybridized carbons (Fsp3) is 0.478. The molecule has 0 N–H and O–H groups in total. The van der Waals surface area contributed by atoms with Crippen LogP contribution in [-0.2, 0) is 31.6 Å². The molecule has 0 radical (unpaired) electrons. The van der Waals surface area contributed by atoms with Gasteiger partial charge in [0.15, 0.2) is 0 Å². The first-order valence-corrected chi connectivity index (χ1v) is 31.6. The van der Waals surface area contributed by atoms with Gasteiger partial charge in [-0.25, -0.2) is 0 Å². The van der Waals surface area contributed by atoms with Gasteiger partial charge in [0.2, 0.25) is 0 Å². The van der Waals surface area contributed by atoms with Crippen molar-refractivity contribution in [3.05, 3.63) is 64.8 Å². The second kappa shape index (κ2) is 3.70. The van der Waals surface area contributed by atoms with Gasteiger partial charge in [-0.05, 0) is 0 Å². The molecule has 1 unspecified atom stereocenters. The van der Waals surface area contributed by atoms with Gasteiger partial charge in [0.1, 0.15) is 0 Å². The minimum atomic E-state index is -4.34. The first-order valence-electron chi connectivity index (χ1n) is 9.73. The van der Waals surface area contributed by atoms with E-state index >= 15 is 0 Å². The molecule has 3 aliphatic carbocycles. The molecule has 4 rings (SSSR count). The third kappa shape index (κ3) is 1.78. The van der Waals surface area contributed by atoms with Crippen LogP contribution in [-0.4, -0.2) is 0 Å². The Kier molecular flexibility index (Phi) is 2.59. The Balaban J connectivity index is 2.04. The summed E-state index contributed by atoms with van der Waals surface area (Å²) in [4.78, 5) is 0. The van der Waals surface area contributed by atoms with Gasteiger partial charge < -0.3 is 0 Å². The van der Waals surface area contributed by atoms with Gasteiger partial charge in [-0.15, -0.1) is 0 Å². The van der Waals surface area contributed by atoms with Gasteiger partial charge in [-0.2, -0.15) is 0 Å². The van der Waals surface area contributed by atoms with Crippen molar-refractivity contribution in [1.82, 2.24) is 0 Å². The zero-order valence-electron chi connectivity index (χ0n) is 16.3. The molecule has 1 atom stereocenters. The second-order valence-electron chi connectivity index (χ2n) is 13.7. The van der Waals surface area contributed by atoms with Crippen LogP contribution in [0.1, 0.15) is 35.6 Å². The molecule has 0 aliphatic heterocycles. The number of benzene rings is 1. The Morgan fingerprint density at radius 1 is 0.917 bits per heavy atom. The van der Waals surface area contributed by atoms with Crippen LogP contribution in [0.15, 0.2) is 42.5 Å². The SMILES string of the molecule is C[C]1([Hf]([CH3])([CH3])([CH3])([CH3])([CH3])[CH]2C=CC=C2)C=Cc2cc3c(cc21)CCC3. The molecular formula is C23H33Hf. The molecule has 24 heavy (non-hydrogen) atoms. The Hall–Kier alpha value is -0.690. The summed E-state index contributed by atoms with van der Waals surface area (Å²) in [5.74, 6) is 0. The fourth-order valence-electron chi connectivity index (χ4n) is 5.63. The monoisotopic (exact) mass is 489 g/mol. The third-order valence-electron chi connectivity index (χ3n) is 8.90. The number of fused-ring (bicyclic) bond motifs is 2. The van der Waals surface area contributed by atoms with Crippen molar-refractivity contribution in [2.45, 2.75) is 56.4 Å². The van der Waals surface area contributed by atoms with Crippen molar-refractivity contribution in [2.24, 2.45) is 0 Å². The van der Waals surface area contributed by atoms with Gasteiger partial charge >= 0.3 is 143 Å². The molecule has 0 saturated carbocycles. The molecule has 0 bridgehead atoms. The first-order chi connectivity index (χ1) is 10.8. The number of rotatable bonds is 2. The molecule has 0 amide bonds. The van der Waals surface area contributed by atoms with E-state index < -0.39 is 15.6 Å². The van der Waals surface area contributed by atoms with E-state index in [1.807, 2.05) is 0 Å². The van der Waals surface area contributed by atoms with E-state index in [1.54, 1.807) is 16.7 Å². The topological polar surface area (TPSA) is 0 Å². The zero-order chi connectivity index (χ0) is 17.5. The quantitative estimate of drug-likeness (QED) is 0.383. The number of hydrogen-bond donors (Lipinski definition) is 0. The Labute approximate surface area is 142 Å². The van der Waals surface area contributed by atoms with Gasteiger partial charge in [0.25, 0.3) is 0 Å². The summed E-state index contributed by atoms with van der Waals surface area (Å²) < 4.78 is 14.1. The van der Waals surface area contributed by atoms with Crippen molar-refractivity contribution in [3.63, 3.8) is 0 Å². The van der Waals surface area contributed by atoms with Crippen LogP contribution in [0, 0.1) is 0 Å². The minimum absolute atomic E-state index is 0.126. The van der Waals surface area contributed by atoms with Crippen molar-refractivity contribution < 1.29 is 15.6 Å². The molecule has 0 heterocycles. The summed E-state index contributed by atoms with van der Waals surface area (Å²) in [5, 5.41) is 0.